The van der Waals surface area contributed by atoms with Gasteiger partial charge in [0.1, 0.15) is 18.2 Å². The molecule has 1 aliphatic heterocycles. The number of imidazole rings is 1. The average molecular weight is 428 g/mol. The van der Waals surface area contributed by atoms with Crippen molar-refractivity contribution in [3.05, 3.63) is 48.9 Å². The first-order valence-corrected chi connectivity index (χ1v) is 11.8. The highest BCUT2D eigenvalue weighted by Crippen LogP contribution is 2.24. The number of rotatable bonds is 7. The van der Waals surface area contributed by atoms with Crippen molar-refractivity contribution in [3.63, 3.8) is 0 Å². The van der Waals surface area contributed by atoms with E-state index in [-0.39, 0.29) is 11.7 Å². The van der Waals surface area contributed by atoms with E-state index in [0.29, 0.717) is 37.3 Å². The summed E-state index contributed by atoms with van der Waals surface area (Å²) in [6, 6.07) is 10.7. The minimum Gasteiger partial charge on any atom is -0.323 e. The number of para-hydroxylation sites is 2. The number of anilines is 1. The zero-order valence-electron chi connectivity index (χ0n) is 16.9. The van der Waals surface area contributed by atoms with Crippen molar-refractivity contribution in [2.24, 2.45) is 0 Å². The van der Waals surface area contributed by atoms with E-state index in [1.54, 1.807) is 24.7 Å². The summed E-state index contributed by atoms with van der Waals surface area (Å²) in [6.45, 7) is 2.35. The Morgan fingerprint density at radius 2 is 2.03 bits per heavy atom. The van der Waals surface area contributed by atoms with Crippen molar-refractivity contribution < 1.29 is 13.2 Å². The van der Waals surface area contributed by atoms with Crippen LogP contribution < -0.4 is 5.32 Å². The molecule has 1 aliphatic rings. The van der Waals surface area contributed by atoms with Gasteiger partial charge in [-0.15, -0.1) is 0 Å². The summed E-state index contributed by atoms with van der Waals surface area (Å²) >= 11 is 0. The van der Waals surface area contributed by atoms with E-state index in [2.05, 4.69) is 15.3 Å². The lowest BCUT2D eigenvalue weighted by Gasteiger charge is -2.23. The molecule has 0 bridgehead atoms. The summed E-state index contributed by atoms with van der Waals surface area (Å²) in [6.07, 6.45) is 5.91. The lowest BCUT2D eigenvalue weighted by atomic mass is 10.2. The Morgan fingerprint density at radius 1 is 1.20 bits per heavy atom. The van der Waals surface area contributed by atoms with Gasteiger partial charge in [0.2, 0.25) is 15.9 Å². The van der Waals surface area contributed by atoms with Gasteiger partial charge in [-0.2, -0.15) is 4.31 Å². The van der Waals surface area contributed by atoms with Crippen molar-refractivity contribution in [1.29, 1.82) is 0 Å². The third-order valence-electron chi connectivity index (χ3n) is 5.34. The number of pyridine rings is 1. The van der Waals surface area contributed by atoms with Crippen molar-refractivity contribution in [1.82, 2.24) is 18.8 Å². The van der Waals surface area contributed by atoms with Crippen LogP contribution in [0.25, 0.3) is 16.9 Å². The van der Waals surface area contributed by atoms with Crippen molar-refractivity contribution in [3.8, 4) is 5.82 Å². The summed E-state index contributed by atoms with van der Waals surface area (Å²) in [5, 5.41) is 2.82. The zero-order valence-corrected chi connectivity index (χ0v) is 17.7. The minimum absolute atomic E-state index is 0.0857. The molecule has 2 aromatic heterocycles. The van der Waals surface area contributed by atoms with Gasteiger partial charge >= 0.3 is 0 Å². The number of hydrogen-bond acceptors (Lipinski definition) is 5. The molecule has 9 heteroatoms. The molecule has 3 aromatic rings. The molecule has 8 nitrogen and oxygen atoms in total. The van der Waals surface area contributed by atoms with Crippen LogP contribution in [0.1, 0.15) is 32.6 Å². The van der Waals surface area contributed by atoms with Gasteiger partial charge in [-0.3, -0.25) is 9.36 Å². The molecule has 0 radical (unpaired) electrons. The Kier molecular flexibility index (Phi) is 5.83. The smallest absolute Gasteiger partial charge is 0.242 e. The number of nitrogens with zero attached hydrogens (tertiary/aromatic N) is 4. The van der Waals surface area contributed by atoms with E-state index < -0.39 is 16.1 Å². The maximum atomic E-state index is 12.8. The lowest BCUT2D eigenvalue weighted by molar-refractivity contribution is -0.119. The average Bonchev–Trinajstić information content (AvgIpc) is 3.41. The molecule has 0 spiro atoms. The molecule has 1 atom stereocenters. The maximum absolute atomic E-state index is 12.8. The van der Waals surface area contributed by atoms with Crippen LogP contribution >= 0.6 is 0 Å². The van der Waals surface area contributed by atoms with Gasteiger partial charge in [-0.1, -0.05) is 25.5 Å². The van der Waals surface area contributed by atoms with Gasteiger partial charge in [0.05, 0.1) is 28.7 Å². The molecule has 4 rings (SSSR count). The second-order valence-corrected chi connectivity index (χ2v) is 9.48. The summed E-state index contributed by atoms with van der Waals surface area (Å²) < 4.78 is 28.4. The molecule has 1 aromatic carbocycles. The van der Waals surface area contributed by atoms with Gasteiger partial charge in [-0.25, -0.2) is 18.4 Å². The van der Waals surface area contributed by atoms with Crippen molar-refractivity contribution in [2.45, 2.75) is 38.6 Å². The Labute approximate surface area is 176 Å². The summed E-state index contributed by atoms with van der Waals surface area (Å²) in [5.74, 6) is 0.462. The molecule has 0 aliphatic carbocycles. The number of sulfonamides is 1. The number of carbonyl (C=O) groups is 1. The first-order valence-electron chi connectivity index (χ1n) is 10.2. The number of fused-ring (bicyclic) bond motifs is 1. The fourth-order valence-electron chi connectivity index (χ4n) is 3.75. The van der Waals surface area contributed by atoms with Crippen LogP contribution in [0.3, 0.4) is 0 Å². The van der Waals surface area contributed by atoms with Crippen LogP contribution in [0.2, 0.25) is 0 Å². The molecular weight excluding hydrogens is 402 g/mol. The fourth-order valence-corrected chi connectivity index (χ4v) is 5.63. The molecular formula is C21H25N5O3S. The summed E-state index contributed by atoms with van der Waals surface area (Å²) in [5.41, 5.74) is 2.36. The number of aromatic nitrogens is 3. The second-order valence-electron chi connectivity index (χ2n) is 7.44. The quantitative estimate of drug-likeness (QED) is 0.625. The van der Waals surface area contributed by atoms with Crippen molar-refractivity contribution >= 4 is 32.7 Å². The van der Waals surface area contributed by atoms with Crippen LogP contribution in [-0.2, 0) is 14.8 Å². The molecule has 1 unspecified atom stereocenters. The standard InChI is InChI=1S/C21H25N5O3S/c1-2-3-13-30(28,29)26-12-6-9-19(26)21(27)24-16-10-11-20(22-14-16)25-15-23-17-7-4-5-8-18(17)25/h4-5,7-8,10-11,14-15,19H,2-3,6,9,12-13H2,1H3,(H,24,27). The Hall–Kier alpha value is -2.78. The van der Waals surface area contributed by atoms with Crippen LogP contribution in [0.4, 0.5) is 5.69 Å². The number of benzene rings is 1. The highest BCUT2D eigenvalue weighted by molar-refractivity contribution is 7.89. The normalized spacial score (nSPS) is 17.4. The molecule has 1 N–H and O–H groups in total. The van der Waals surface area contributed by atoms with E-state index in [4.69, 9.17) is 0 Å². The fraction of sp³-hybridized carbons (Fsp3) is 0.381. The SMILES string of the molecule is CCCCS(=O)(=O)N1CCCC1C(=O)Nc1ccc(-n2cnc3ccccc32)nc1. The third kappa shape index (κ3) is 4.08. The topological polar surface area (TPSA) is 97.2 Å². The predicted molar refractivity (Wildman–Crippen MR) is 116 cm³/mol. The van der Waals surface area contributed by atoms with E-state index in [0.717, 1.165) is 17.5 Å². The molecule has 1 fully saturated rings. The Balaban J connectivity index is 1.47. The number of carbonyl (C=O) groups excluding carboxylic acids is 1. The van der Waals surface area contributed by atoms with Gasteiger partial charge in [-0.05, 0) is 43.5 Å². The first-order chi connectivity index (χ1) is 14.5. The molecule has 1 saturated heterocycles. The van der Waals surface area contributed by atoms with E-state index in [1.165, 1.54) is 4.31 Å². The van der Waals surface area contributed by atoms with E-state index in [1.807, 2.05) is 35.8 Å². The molecule has 30 heavy (non-hydrogen) atoms. The largest absolute Gasteiger partial charge is 0.323 e. The minimum atomic E-state index is -3.42. The second kappa shape index (κ2) is 8.53. The number of unbranched alkanes of at least 4 members (excludes halogenated alkanes) is 1. The van der Waals surface area contributed by atoms with Crippen LogP contribution in [-0.4, -0.2) is 51.5 Å². The van der Waals surface area contributed by atoms with Gasteiger partial charge in [0, 0.05) is 6.54 Å². The van der Waals surface area contributed by atoms with E-state index >= 15 is 0 Å². The monoisotopic (exact) mass is 427 g/mol. The van der Waals surface area contributed by atoms with Gasteiger partial charge < -0.3 is 5.32 Å². The summed E-state index contributed by atoms with van der Waals surface area (Å²) in [7, 11) is -3.42. The Bertz CT molecular complexity index is 1140. The van der Waals surface area contributed by atoms with Gasteiger partial charge in [0.25, 0.3) is 0 Å². The Morgan fingerprint density at radius 3 is 2.80 bits per heavy atom. The van der Waals surface area contributed by atoms with Crippen LogP contribution in [0.15, 0.2) is 48.9 Å². The summed E-state index contributed by atoms with van der Waals surface area (Å²) in [4.78, 5) is 21.6. The maximum Gasteiger partial charge on any atom is 0.242 e. The highest BCUT2D eigenvalue weighted by Gasteiger charge is 2.38. The molecule has 158 valence electrons. The van der Waals surface area contributed by atoms with Crippen molar-refractivity contribution in [2.75, 3.05) is 17.6 Å². The zero-order chi connectivity index (χ0) is 21.1. The molecule has 1 amide bonds. The van der Waals surface area contributed by atoms with Crippen LogP contribution in [0.5, 0.6) is 0 Å². The van der Waals surface area contributed by atoms with E-state index in [9.17, 15) is 13.2 Å². The third-order valence-corrected chi connectivity index (χ3v) is 7.29. The molecule has 3 heterocycles. The lowest BCUT2D eigenvalue weighted by Crippen LogP contribution is -2.44. The number of amides is 1. The number of nitrogens with one attached hydrogen (secondary N) is 1. The van der Waals surface area contributed by atoms with Crippen LogP contribution in [0, 0.1) is 0 Å². The van der Waals surface area contributed by atoms with Gasteiger partial charge in [0.15, 0.2) is 0 Å². The predicted octanol–water partition coefficient (Wildman–Crippen LogP) is 2.95. The first kappa shape index (κ1) is 20.5. The number of hydrogen-bond donors (Lipinski definition) is 1. The highest BCUT2D eigenvalue weighted by atomic mass is 32.2. The molecule has 0 saturated carbocycles.